The van der Waals surface area contributed by atoms with Gasteiger partial charge in [-0.2, -0.15) is 5.26 Å². The molecule has 0 aromatic carbocycles. The van der Waals surface area contributed by atoms with Crippen molar-refractivity contribution in [2.24, 2.45) is 0 Å². The number of hydrogen-bond acceptors (Lipinski definition) is 2. The van der Waals surface area contributed by atoms with Gasteiger partial charge in [0.1, 0.15) is 0 Å². The summed E-state index contributed by atoms with van der Waals surface area (Å²) < 4.78 is 0. The number of hydrogen-bond donors (Lipinski definition) is 1. The molecule has 0 unspecified atom stereocenters. The highest BCUT2D eigenvalue weighted by Gasteiger charge is 2.29. The predicted molar refractivity (Wildman–Crippen MR) is 35.8 cm³/mol. The first-order valence-electron chi connectivity index (χ1n) is 3.31. The highest BCUT2D eigenvalue weighted by molar-refractivity contribution is 5.01. The first-order valence-corrected chi connectivity index (χ1v) is 3.31. The van der Waals surface area contributed by atoms with Gasteiger partial charge in [0.25, 0.3) is 0 Å². The smallest absolute Gasteiger partial charge is 0.0957 e. The third-order valence-corrected chi connectivity index (χ3v) is 1.78. The standard InChI is InChI=1S/C7H12N2/c1-7(2)4-3-6(5-8)9-7/h6,9H,3-4H2,1-2H3/t6-/m1/s1. The van der Waals surface area contributed by atoms with Crippen molar-refractivity contribution in [3.63, 3.8) is 0 Å². The maximum atomic E-state index is 8.49. The van der Waals surface area contributed by atoms with Gasteiger partial charge in [-0.1, -0.05) is 0 Å². The Bertz CT molecular complexity index is 143. The molecule has 2 heteroatoms. The van der Waals surface area contributed by atoms with Crippen LogP contribution in [0.1, 0.15) is 26.7 Å². The molecule has 1 N–H and O–H groups in total. The molecular weight excluding hydrogens is 112 g/mol. The summed E-state index contributed by atoms with van der Waals surface area (Å²) in [5.41, 5.74) is 0.195. The van der Waals surface area contributed by atoms with E-state index >= 15 is 0 Å². The summed E-state index contributed by atoms with van der Waals surface area (Å²) in [6, 6.07) is 2.31. The second-order valence-electron chi connectivity index (χ2n) is 3.25. The maximum Gasteiger partial charge on any atom is 0.0957 e. The van der Waals surface area contributed by atoms with Gasteiger partial charge in [0.05, 0.1) is 12.1 Å². The first kappa shape index (κ1) is 6.57. The van der Waals surface area contributed by atoms with Crippen LogP contribution in [0.5, 0.6) is 0 Å². The van der Waals surface area contributed by atoms with E-state index in [9.17, 15) is 0 Å². The number of nitriles is 1. The lowest BCUT2D eigenvalue weighted by molar-refractivity contribution is 0.448. The molecule has 1 atom stereocenters. The largest absolute Gasteiger partial charge is 0.297 e. The summed E-state index contributed by atoms with van der Waals surface area (Å²) in [6.07, 6.45) is 2.12. The second kappa shape index (κ2) is 2.00. The van der Waals surface area contributed by atoms with Crippen LogP contribution < -0.4 is 5.32 Å². The van der Waals surface area contributed by atoms with Crippen LogP contribution in [0.4, 0.5) is 0 Å². The number of nitrogens with one attached hydrogen (secondary N) is 1. The van der Waals surface area contributed by atoms with Gasteiger partial charge >= 0.3 is 0 Å². The predicted octanol–water partition coefficient (Wildman–Crippen LogP) is 1.04. The molecule has 0 bridgehead atoms. The minimum absolute atomic E-state index is 0.0972. The van der Waals surface area contributed by atoms with Crippen molar-refractivity contribution >= 4 is 0 Å². The van der Waals surface area contributed by atoms with Crippen LogP contribution in [-0.4, -0.2) is 11.6 Å². The van der Waals surface area contributed by atoms with Gasteiger partial charge in [0.15, 0.2) is 0 Å². The lowest BCUT2D eigenvalue weighted by Gasteiger charge is -2.16. The Kier molecular flexibility index (Phi) is 1.46. The molecule has 0 aromatic rings. The molecule has 0 aliphatic carbocycles. The molecule has 1 rings (SSSR count). The lowest BCUT2D eigenvalue weighted by Crippen LogP contribution is -2.36. The minimum Gasteiger partial charge on any atom is -0.297 e. The van der Waals surface area contributed by atoms with E-state index in [4.69, 9.17) is 5.26 Å². The third-order valence-electron chi connectivity index (χ3n) is 1.78. The summed E-state index contributed by atoms with van der Waals surface area (Å²) >= 11 is 0. The van der Waals surface area contributed by atoms with Crippen molar-refractivity contribution in [3.05, 3.63) is 0 Å². The van der Waals surface area contributed by atoms with Crippen molar-refractivity contribution < 1.29 is 0 Å². The molecule has 1 fully saturated rings. The molecule has 1 aliphatic rings. The molecule has 2 nitrogen and oxygen atoms in total. The van der Waals surface area contributed by atoms with Crippen molar-refractivity contribution in [3.8, 4) is 6.07 Å². The van der Waals surface area contributed by atoms with Crippen LogP contribution in [0, 0.1) is 11.3 Å². The van der Waals surface area contributed by atoms with Gasteiger partial charge in [-0.05, 0) is 26.7 Å². The van der Waals surface area contributed by atoms with E-state index in [2.05, 4.69) is 25.2 Å². The van der Waals surface area contributed by atoms with Crippen molar-refractivity contribution in [1.29, 1.82) is 5.26 Å². The molecule has 1 saturated heterocycles. The molecular formula is C7H12N2. The minimum atomic E-state index is 0.0972. The molecule has 0 radical (unpaired) electrons. The fourth-order valence-electron chi connectivity index (χ4n) is 1.22. The Morgan fingerprint density at radius 2 is 2.33 bits per heavy atom. The van der Waals surface area contributed by atoms with Crippen molar-refractivity contribution in [2.75, 3.05) is 0 Å². The van der Waals surface area contributed by atoms with Crippen LogP contribution in [0.2, 0.25) is 0 Å². The SMILES string of the molecule is CC1(C)CC[C@H](C#N)N1. The molecule has 0 spiro atoms. The van der Waals surface area contributed by atoms with Crippen LogP contribution >= 0.6 is 0 Å². The van der Waals surface area contributed by atoms with Crippen LogP contribution in [-0.2, 0) is 0 Å². The zero-order valence-corrected chi connectivity index (χ0v) is 5.94. The zero-order valence-electron chi connectivity index (χ0n) is 5.94. The van der Waals surface area contributed by atoms with Gasteiger partial charge in [-0.25, -0.2) is 0 Å². The van der Waals surface area contributed by atoms with Gasteiger partial charge in [0, 0.05) is 5.54 Å². The Morgan fingerprint density at radius 1 is 1.67 bits per heavy atom. The van der Waals surface area contributed by atoms with Crippen LogP contribution in [0.25, 0.3) is 0 Å². The maximum absolute atomic E-state index is 8.49. The summed E-state index contributed by atoms with van der Waals surface area (Å²) in [5.74, 6) is 0. The van der Waals surface area contributed by atoms with Gasteiger partial charge in [0.2, 0.25) is 0 Å². The zero-order chi connectivity index (χ0) is 6.91. The number of rotatable bonds is 0. The normalized spacial score (nSPS) is 31.9. The van der Waals surface area contributed by atoms with E-state index in [0.29, 0.717) is 0 Å². The Balaban J connectivity index is 2.50. The molecule has 1 heterocycles. The van der Waals surface area contributed by atoms with Gasteiger partial charge in [-0.15, -0.1) is 0 Å². The molecule has 9 heavy (non-hydrogen) atoms. The lowest BCUT2D eigenvalue weighted by atomic mass is 10.0. The number of nitrogens with zero attached hydrogens (tertiary/aromatic N) is 1. The molecule has 50 valence electrons. The fraction of sp³-hybridized carbons (Fsp3) is 0.857. The summed E-state index contributed by atoms with van der Waals surface area (Å²) in [4.78, 5) is 0. The Hall–Kier alpha value is -0.550. The molecule has 1 aliphatic heterocycles. The van der Waals surface area contributed by atoms with E-state index in [1.807, 2.05) is 0 Å². The van der Waals surface area contributed by atoms with Crippen LogP contribution in [0.3, 0.4) is 0 Å². The summed E-state index contributed by atoms with van der Waals surface area (Å²) in [5, 5.41) is 11.7. The monoisotopic (exact) mass is 124 g/mol. The highest BCUT2D eigenvalue weighted by atomic mass is 15.0. The van der Waals surface area contributed by atoms with Crippen molar-refractivity contribution in [2.45, 2.75) is 38.3 Å². The first-order chi connectivity index (χ1) is 4.14. The second-order valence-corrected chi connectivity index (χ2v) is 3.25. The summed E-state index contributed by atoms with van der Waals surface area (Å²) in [7, 11) is 0. The quantitative estimate of drug-likeness (QED) is 0.523. The van der Waals surface area contributed by atoms with E-state index in [-0.39, 0.29) is 11.6 Å². The molecule has 0 amide bonds. The van der Waals surface area contributed by atoms with Gasteiger partial charge in [-0.3, -0.25) is 5.32 Å². The van der Waals surface area contributed by atoms with E-state index in [0.717, 1.165) is 12.8 Å². The topological polar surface area (TPSA) is 35.8 Å². The summed E-state index contributed by atoms with van der Waals surface area (Å²) in [6.45, 7) is 4.26. The Morgan fingerprint density at radius 3 is 2.56 bits per heavy atom. The third kappa shape index (κ3) is 1.43. The Labute approximate surface area is 55.9 Å². The molecule has 0 saturated carbocycles. The molecule has 0 aromatic heterocycles. The van der Waals surface area contributed by atoms with Crippen molar-refractivity contribution in [1.82, 2.24) is 5.32 Å². The van der Waals surface area contributed by atoms with E-state index < -0.39 is 0 Å². The fourth-order valence-corrected chi connectivity index (χ4v) is 1.22. The van der Waals surface area contributed by atoms with E-state index in [1.165, 1.54) is 0 Å². The highest BCUT2D eigenvalue weighted by Crippen LogP contribution is 2.21. The van der Waals surface area contributed by atoms with Gasteiger partial charge < -0.3 is 0 Å². The van der Waals surface area contributed by atoms with Crippen LogP contribution in [0.15, 0.2) is 0 Å². The average Bonchev–Trinajstić information content (AvgIpc) is 2.10. The van der Waals surface area contributed by atoms with E-state index in [1.54, 1.807) is 0 Å². The average molecular weight is 124 g/mol.